The maximum atomic E-state index is 13.4. The number of aliphatic hydroxyl groups excluding tert-OH is 1. The van der Waals surface area contributed by atoms with Crippen LogP contribution in [0.4, 0.5) is 0 Å². The summed E-state index contributed by atoms with van der Waals surface area (Å²) in [5.41, 5.74) is 1.30. The molecule has 1 aliphatic heterocycles. The Balaban J connectivity index is 1.73. The summed E-state index contributed by atoms with van der Waals surface area (Å²) in [6, 6.07) is 15.2. The zero-order valence-corrected chi connectivity index (χ0v) is 18.1. The number of halogens is 1. The van der Waals surface area contributed by atoms with Crippen molar-refractivity contribution in [1.29, 1.82) is 0 Å². The van der Waals surface area contributed by atoms with Gasteiger partial charge in [0, 0.05) is 17.0 Å². The predicted octanol–water partition coefficient (Wildman–Crippen LogP) is 4.62. The maximum Gasteiger partial charge on any atom is 0.290 e. The van der Waals surface area contributed by atoms with Crippen LogP contribution in [-0.4, -0.2) is 53.8 Å². The van der Waals surface area contributed by atoms with Gasteiger partial charge < -0.3 is 19.3 Å². The van der Waals surface area contributed by atoms with Gasteiger partial charge in [-0.25, -0.2) is 0 Å². The van der Waals surface area contributed by atoms with Crippen molar-refractivity contribution < 1.29 is 19.1 Å². The summed E-state index contributed by atoms with van der Waals surface area (Å²) in [5, 5.41) is 11.9. The van der Waals surface area contributed by atoms with Crippen molar-refractivity contribution in [3.63, 3.8) is 0 Å². The van der Waals surface area contributed by atoms with E-state index in [1.807, 2.05) is 49.3 Å². The Morgan fingerprint density at radius 1 is 1.16 bits per heavy atom. The van der Waals surface area contributed by atoms with Gasteiger partial charge in [0.15, 0.2) is 11.5 Å². The van der Waals surface area contributed by atoms with E-state index >= 15 is 0 Å². The molecule has 0 radical (unpaired) electrons. The Morgan fingerprint density at radius 3 is 2.61 bits per heavy atom. The Morgan fingerprint density at radius 2 is 1.90 bits per heavy atom. The number of carbonyl (C=O) groups is 2. The zero-order valence-electron chi connectivity index (χ0n) is 17.3. The molecule has 0 saturated carbocycles. The van der Waals surface area contributed by atoms with E-state index in [-0.39, 0.29) is 11.3 Å². The number of hydrogen-bond donors (Lipinski definition) is 1. The minimum Gasteiger partial charge on any atom is -0.503 e. The summed E-state index contributed by atoms with van der Waals surface area (Å²) in [6.07, 6.45) is 0.708. The smallest absolute Gasteiger partial charge is 0.290 e. The molecule has 4 rings (SSSR count). The summed E-state index contributed by atoms with van der Waals surface area (Å²) >= 11 is 6.04. The van der Waals surface area contributed by atoms with Crippen molar-refractivity contribution in [2.24, 2.45) is 0 Å². The number of benzene rings is 2. The first kappa shape index (κ1) is 21.2. The van der Waals surface area contributed by atoms with Crippen LogP contribution in [0.5, 0.6) is 0 Å². The second kappa shape index (κ2) is 8.57. The van der Waals surface area contributed by atoms with Crippen LogP contribution in [0.2, 0.25) is 5.02 Å². The molecule has 2 aromatic carbocycles. The molecule has 1 aliphatic rings. The second-order valence-corrected chi connectivity index (χ2v) is 8.29. The van der Waals surface area contributed by atoms with Gasteiger partial charge in [0.2, 0.25) is 5.78 Å². The minimum absolute atomic E-state index is 0.0335. The van der Waals surface area contributed by atoms with Crippen LogP contribution in [0.1, 0.15) is 28.6 Å². The molecular weight excluding hydrogens is 416 g/mol. The summed E-state index contributed by atoms with van der Waals surface area (Å²) in [4.78, 5) is 30.0. The van der Waals surface area contributed by atoms with Crippen LogP contribution in [0.15, 0.2) is 70.3 Å². The van der Waals surface area contributed by atoms with Crippen LogP contribution < -0.4 is 0 Å². The molecule has 0 aliphatic carbocycles. The SMILES string of the molecule is CN(C)CCCN1C(=O)C(O)=C(C(=O)c2cc3cc(Cl)ccc3o2)C1c1ccccc1. The Kier molecular flexibility index (Phi) is 5.85. The highest BCUT2D eigenvalue weighted by Crippen LogP contribution is 2.39. The molecule has 1 unspecified atom stereocenters. The summed E-state index contributed by atoms with van der Waals surface area (Å²) in [5.74, 6) is -1.53. The first-order chi connectivity index (χ1) is 14.9. The molecule has 6 nitrogen and oxygen atoms in total. The van der Waals surface area contributed by atoms with Gasteiger partial charge in [-0.3, -0.25) is 9.59 Å². The van der Waals surface area contributed by atoms with E-state index in [2.05, 4.69) is 0 Å². The van der Waals surface area contributed by atoms with Crippen LogP contribution in [-0.2, 0) is 4.79 Å². The van der Waals surface area contributed by atoms with Gasteiger partial charge in [-0.05, 0) is 56.9 Å². The predicted molar refractivity (Wildman–Crippen MR) is 119 cm³/mol. The Labute approximate surface area is 185 Å². The van der Waals surface area contributed by atoms with Crippen molar-refractivity contribution in [1.82, 2.24) is 9.80 Å². The molecule has 160 valence electrons. The van der Waals surface area contributed by atoms with Gasteiger partial charge in [0.25, 0.3) is 5.91 Å². The first-order valence-electron chi connectivity index (χ1n) is 10.0. The van der Waals surface area contributed by atoms with Crippen molar-refractivity contribution in [3.05, 3.63) is 82.3 Å². The number of Topliss-reactive ketones (excluding diaryl/α,β-unsaturated/α-hetero) is 1. The lowest BCUT2D eigenvalue weighted by Gasteiger charge is -2.27. The maximum absolute atomic E-state index is 13.4. The summed E-state index contributed by atoms with van der Waals surface area (Å²) in [7, 11) is 3.91. The summed E-state index contributed by atoms with van der Waals surface area (Å²) < 4.78 is 5.72. The van der Waals surface area contributed by atoms with E-state index in [0.29, 0.717) is 29.0 Å². The zero-order chi connectivity index (χ0) is 22.1. The van der Waals surface area contributed by atoms with E-state index in [0.717, 1.165) is 12.1 Å². The van der Waals surface area contributed by atoms with Gasteiger partial charge >= 0.3 is 0 Å². The highest BCUT2D eigenvalue weighted by atomic mass is 35.5. The van der Waals surface area contributed by atoms with E-state index < -0.39 is 23.5 Å². The molecule has 1 amide bonds. The van der Waals surface area contributed by atoms with Gasteiger partial charge in [0.05, 0.1) is 11.6 Å². The lowest BCUT2D eigenvalue weighted by atomic mass is 9.95. The number of aliphatic hydroxyl groups is 1. The summed E-state index contributed by atoms with van der Waals surface area (Å²) in [6.45, 7) is 1.19. The quantitative estimate of drug-likeness (QED) is 0.545. The molecule has 3 aromatic rings. The lowest BCUT2D eigenvalue weighted by Crippen LogP contribution is -2.33. The second-order valence-electron chi connectivity index (χ2n) is 7.85. The fourth-order valence-electron chi connectivity index (χ4n) is 3.91. The average molecular weight is 439 g/mol. The lowest BCUT2D eigenvalue weighted by molar-refractivity contribution is -0.129. The number of rotatable bonds is 7. The molecule has 0 spiro atoms. The molecule has 0 saturated heterocycles. The van der Waals surface area contributed by atoms with Gasteiger partial charge in [-0.2, -0.15) is 0 Å². The standard InChI is InChI=1S/C24H23ClN2O4/c1-26(2)11-6-12-27-21(15-7-4-3-5-8-15)20(23(29)24(27)30)22(28)19-14-16-13-17(25)9-10-18(16)31-19/h3-5,7-10,13-14,21,29H,6,11-12H2,1-2H3. The van der Waals surface area contributed by atoms with Gasteiger partial charge in [-0.1, -0.05) is 41.9 Å². The van der Waals surface area contributed by atoms with Crippen LogP contribution in [0.25, 0.3) is 11.0 Å². The third-order valence-corrected chi connectivity index (χ3v) is 5.61. The number of nitrogens with zero attached hydrogens (tertiary/aromatic N) is 2. The number of amides is 1. The van der Waals surface area contributed by atoms with Crippen LogP contribution in [0.3, 0.4) is 0 Å². The van der Waals surface area contributed by atoms with Gasteiger partial charge in [0.1, 0.15) is 5.58 Å². The average Bonchev–Trinajstić information content (AvgIpc) is 3.27. The molecule has 1 N–H and O–H groups in total. The number of fused-ring (bicyclic) bond motifs is 1. The normalized spacial score (nSPS) is 16.7. The fourth-order valence-corrected chi connectivity index (χ4v) is 4.09. The van der Waals surface area contributed by atoms with E-state index in [9.17, 15) is 14.7 Å². The number of furan rings is 1. The number of carbonyl (C=O) groups excluding carboxylic acids is 2. The fraction of sp³-hybridized carbons (Fsp3) is 0.250. The number of hydrogen-bond acceptors (Lipinski definition) is 5. The third kappa shape index (κ3) is 4.09. The molecule has 1 atom stereocenters. The van der Waals surface area contributed by atoms with E-state index in [1.54, 1.807) is 29.2 Å². The van der Waals surface area contributed by atoms with E-state index in [4.69, 9.17) is 16.0 Å². The number of ketones is 1. The molecule has 31 heavy (non-hydrogen) atoms. The largest absolute Gasteiger partial charge is 0.503 e. The van der Waals surface area contributed by atoms with Crippen molar-refractivity contribution in [2.75, 3.05) is 27.2 Å². The molecule has 7 heteroatoms. The monoisotopic (exact) mass is 438 g/mol. The molecule has 2 heterocycles. The third-order valence-electron chi connectivity index (χ3n) is 5.37. The highest BCUT2D eigenvalue weighted by Gasteiger charge is 2.44. The molecular formula is C24H23ClN2O4. The molecule has 0 bridgehead atoms. The van der Waals surface area contributed by atoms with Gasteiger partial charge in [-0.15, -0.1) is 0 Å². The minimum atomic E-state index is -0.680. The van der Waals surface area contributed by atoms with E-state index in [1.165, 1.54) is 0 Å². The van der Waals surface area contributed by atoms with Crippen LogP contribution in [0, 0.1) is 0 Å². The first-order valence-corrected chi connectivity index (χ1v) is 10.4. The Hall–Kier alpha value is -3.09. The molecule has 1 aromatic heterocycles. The Bertz CT molecular complexity index is 1170. The van der Waals surface area contributed by atoms with Crippen LogP contribution >= 0.6 is 11.6 Å². The van der Waals surface area contributed by atoms with Crippen molar-refractivity contribution >= 4 is 34.3 Å². The highest BCUT2D eigenvalue weighted by molar-refractivity contribution is 6.31. The topological polar surface area (TPSA) is 74.0 Å². The molecule has 0 fully saturated rings. The van der Waals surface area contributed by atoms with Crippen molar-refractivity contribution in [3.8, 4) is 0 Å². The van der Waals surface area contributed by atoms with Crippen molar-refractivity contribution in [2.45, 2.75) is 12.5 Å².